The van der Waals surface area contributed by atoms with Crippen molar-refractivity contribution in [3.05, 3.63) is 0 Å². The lowest BCUT2D eigenvalue weighted by Gasteiger charge is -2.37. The van der Waals surface area contributed by atoms with E-state index in [9.17, 15) is 31.4 Å². The Bertz CT molecular complexity index is 298. The Balaban J connectivity index is 2.81. The summed E-state index contributed by atoms with van der Waals surface area (Å²) in [5.41, 5.74) is 0. The monoisotopic (exact) mass is 308 g/mol. The van der Waals surface area contributed by atoms with Crippen molar-refractivity contribution in [2.45, 2.75) is 63.8 Å². The summed E-state index contributed by atoms with van der Waals surface area (Å²) in [7, 11) is 0. The first-order valence-electron chi connectivity index (χ1n) is 6.40. The second kappa shape index (κ2) is 6.09. The highest BCUT2D eigenvalue weighted by Gasteiger charge is 2.59. The number of alkyl halides is 6. The average molecular weight is 308 g/mol. The molecule has 0 saturated heterocycles. The van der Waals surface area contributed by atoms with Gasteiger partial charge in [-0.3, -0.25) is 0 Å². The van der Waals surface area contributed by atoms with E-state index in [2.05, 4.69) is 4.74 Å². The fraction of sp³-hybridized carbons (Fsp3) is 1.00. The van der Waals surface area contributed by atoms with Crippen molar-refractivity contribution in [3.8, 4) is 0 Å². The number of aliphatic hydroxyl groups is 1. The van der Waals surface area contributed by atoms with Crippen molar-refractivity contribution < 1.29 is 36.2 Å². The molecule has 0 spiro atoms. The zero-order chi connectivity index (χ0) is 15.7. The molecule has 0 aliphatic heterocycles. The van der Waals surface area contributed by atoms with Crippen LogP contribution < -0.4 is 0 Å². The van der Waals surface area contributed by atoms with Crippen LogP contribution in [0.3, 0.4) is 0 Å². The maximum Gasteiger partial charge on any atom is 0.423 e. The van der Waals surface area contributed by atoms with Gasteiger partial charge in [-0.1, -0.05) is 13.8 Å². The SMILES string of the molecule is CC(C)C1CCC(O)C(OC(C(F)(F)F)C(F)(F)F)C1. The van der Waals surface area contributed by atoms with E-state index < -0.39 is 30.7 Å². The molecule has 0 amide bonds. The highest BCUT2D eigenvalue weighted by Crippen LogP contribution is 2.39. The average Bonchev–Trinajstić information content (AvgIpc) is 2.24. The minimum absolute atomic E-state index is 0.00148. The van der Waals surface area contributed by atoms with Crippen LogP contribution in [0.5, 0.6) is 0 Å². The van der Waals surface area contributed by atoms with E-state index in [1.807, 2.05) is 13.8 Å². The van der Waals surface area contributed by atoms with Gasteiger partial charge in [0.05, 0.1) is 12.2 Å². The lowest BCUT2D eigenvalue weighted by molar-refractivity contribution is -0.338. The first-order chi connectivity index (χ1) is 8.93. The maximum absolute atomic E-state index is 12.4. The number of rotatable bonds is 3. The summed E-state index contributed by atoms with van der Waals surface area (Å²) in [6.45, 7) is 3.68. The Kier molecular flexibility index (Phi) is 5.34. The number of halogens is 6. The quantitative estimate of drug-likeness (QED) is 0.806. The third-order valence-electron chi connectivity index (χ3n) is 3.65. The van der Waals surface area contributed by atoms with Crippen LogP contribution in [0.4, 0.5) is 26.3 Å². The Labute approximate surface area is 113 Å². The topological polar surface area (TPSA) is 29.5 Å². The second-order valence-corrected chi connectivity index (χ2v) is 5.52. The predicted octanol–water partition coefficient (Wildman–Crippen LogP) is 3.68. The summed E-state index contributed by atoms with van der Waals surface area (Å²) >= 11 is 0. The van der Waals surface area contributed by atoms with Gasteiger partial charge in [-0.25, -0.2) is 0 Å². The molecule has 8 heteroatoms. The Morgan fingerprint density at radius 1 is 1.00 bits per heavy atom. The van der Waals surface area contributed by atoms with Crippen molar-refractivity contribution in [2.75, 3.05) is 0 Å². The lowest BCUT2D eigenvalue weighted by atomic mass is 9.79. The van der Waals surface area contributed by atoms with Crippen molar-refractivity contribution in [1.82, 2.24) is 0 Å². The Morgan fingerprint density at radius 2 is 1.50 bits per heavy atom. The third kappa shape index (κ3) is 4.51. The molecule has 1 saturated carbocycles. The smallest absolute Gasteiger partial charge is 0.390 e. The van der Waals surface area contributed by atoms with Crippen molar-refractivity contribution in [3.63, 3.8) is 0 Å². The van der Waals surface area contributed by atoms with Crippen molar-refractivity contribution >= 4 is 0 Å². The predicted molar refractivity (Wildman–Crippen MR) is 59.0 cm³/mol. The summed E-state index contributed by atoms with van der Waals surface area (Å²) in [6, 6.07) is 0. The van der Waals surface area contributed by atoms with Crippen LogP contribution in [0, 0.1) is 11.8 Å². The molecule has 120 valence electrons. The minimum Gasteiger partial charge on any atom is -0.390 e. The molecule has 0 aromatic heterocycles. The number of hydrogen-bond donors (Lipinski definition) is 1. The van der Waals surface area contributed by atoms with E-state index in [0.29, 0.717) is 6.42 Å². The van der Waals surface area contributed by atoms with E-state index in [1.54, 1.807) is 0 Å². The summed E-state index contributed by atoms with van der Waals surface area (Å²) < 4.78 is 78.8. The van der Waals surface area contributed by atoms with E-state index in [-0.39, 0.29) is 24.7 Å². The van der Waals surface area contributed by atoms with Crippen LogP contribution in [-0.2, 0) is 4.74 Å². The highest BCUT2D eigenvalue weighted by atomic mass is 19.4. The molecule has 1 fully saturated rings. The van der Waals surface area contributed by atoms with E-state index in [4.69, 9.17) is 0 Å². The van der Waals surface area contributed by atoms with Crippen LogP contribution in [0.25, 0.3) is 0 Å². The molecule has 1 N–H and O–H groups in total. The summed E-state index contributed by atoms with van der Waals surface area (Å²) in [6.07, 6.45) is -16.9. The first kappa shape index (κ1) is 17.6. The fourth-order valence-electron chi connectivity index (χ4n) is 2.41. The minimum atomic E-state index is -5.54. The van der Waals surface area contributed by atoms with E-state index in [0.717, 1.165) is 0 Å². The number of aliphatic hydroxyl groups excluding tert-OH is 1. The first-order valence-corrected chi connectivity index (χ1v) is 6.40. The van der Waals surface area contributed by atoms with Gasteiger partial charge >= 0.3 is 12.4 Å². The van der Waals surface area contributed by atoms with Crippen LogP contribution in [0.15, 0.2) is 0 Å². The van der Waals surface area contributed by atoms with Gasteiger partial charge in [0.1, 0.15) is 0 Å². The molecule has 2 nitrogen and oxygen atoms in total. The molecule has 3 atom stereocenters. The van der Waals surface area contributed by atoms with E-state index >= 15 is 0 Å². The number of hydrogen-bond acceptors (Lipinski definition) is 2. The molecule has 0 aromatic carbocycles. The molecular weight excluding hydrogens is 290 g/mol. The molecule has 0 aromatic rings. The van der Waals surface area contributed by atoms with Gasteiger partial charge in [-0.05, 0) is 31.1 Å². The van der Waals surface area contributed by atoms with Gasteiger partial charge in [0, 0.05) is 0 Å². The molecule has 0 radical (unpaired) electrons. The Morgan fingerprint density at radius 3 is 1.90 bits per heavy atom. The molecule has 0 bridgehead atoms. The van der Waals surface area contributed by atoms with Gasteiger partial charge in [-0.15, -0.1) is 0 Å². The van der Waals surface area contributed by atoms with Crippen LogP contribution in [0.2, 0.25) is 0 Å². The lowest BCUT2D eigenvalue weighted by Crippen LogP contribution is -2.50. The molecule has 3 unspecified atom stereocenters. The van der Waals surface area contributed by atoms with Crippen molar-refractivity contribution in [2.24, 2.45) is 11.8 Å². The van der Waals surface area contributed by atoms with Gasteiger partial charge in [0.2, 0.25) is 6.10 Å². The zero-order valence-corrected chi connectivity index (χ0v) is 11.1. The van der Waals surface area contributed by atoms with Gasteiger partial charge in [0.25, 0.3) is 0 Å². The summed E-state index contributed by atoms with van der Waals surface area (Å²) in [4.78, 5) is 0. The second-order valence-electron chi connectivity index (χ2n) is 5.52. The molecular formula is C12H18F6O2. The third-order valence-corrected chi connectivity index (χ3v) is 3.65. The van der Waals surface area contributed by atoms with Crippen LogP contribution in [0.1, 0.15) is 33.1 Å². The van der Waals surface area contributed by atoms with E-state index in [1.165, 1.54) is 0 Å². The number of ether oxygens (including phenoxy) is 1. The summed E-state index contributed by atoms with van der Waals surface area (Å²) in [5, 5.41) is 9.59. The Hall–Kier alpha value is -0.500. The molecule has 1 rings (SSSR count). The normalized spacial score (nSPS) is 29.2. The standard InChI is InChI=1S/C12H18F6O2/c1-6(2)7-3-4-8(19)9(5-7)20-10(11(13,14)15)12(16,17)18/h6-10,19H,3-5H2,1-2H3. The van der Waals surface area contributed by atoms with Crippen molar-refractivity contribution in [1.29, 1.82) is 0 Å². The molecule has 1 aliphatic carbocycles. The van der Waals surface area contributed by atoms with Gasteiger partial charge < -0.3 is 9.84 Å². The van der Waals surface area contributed by atoms with Gasteiger partial charge in [-0.2, -0.15) is 26.3 Å². The van der Waals surface area contributed by atoms with Crippen LogP contribution in [-0.4, -0.2) is 35.8 Å². The maximum atomic E-state index is 12.4. The van der Waals surface area contributed by atoms with Crippen LogP contribution >= 0.6 is 0 Å². The zero-order valence-electron chi connectivity index (χ0n) is 11.1. The molecule has 20 heavy (non-hydrogen) atoms. The largest absolute Gasteiger partial charge is 0.423 e. The highest BCUT2D eigenvalue weighted by molar-refractivity contribution is 4.85. The fourth-order valence-corrected chi connectivity index (χ4v) is 2.41. The summed E-state index contributed by atoms with van der Waals surface area (Å²) in [5.74, 6) is 0.0642. The molecule has 0 heterocycles. The molecule has 1 aliphatic rings. The van der Waals surface area contributed by atoms with Gasteiger partial charge in [0.15, 0.2) is 0 Å².